The van der Waals surface area contributed by atoms with Crippen molar-refractivity contribution in [3.63, 3.8) is 0 Å². The van der Waals surface area contributed by atoms with Gasteiger partial charge in [0.05, 0.1) is 17.0 Å². The Balaban J connectivity index is 2.62. The van der Waals surface area contributed by atoms with Crippen LogP contribution >= 0.6 is 0 Å². The molecular weight excluding hydrogens is 204 g/mol. The summed E-state index contributed by atoms with van der Waals surface area (Å²) in [6.07, 6.45) is 0. The fraction of sp³-hybridized carbons (Fsp3) is 0.333. The molecule has 1 aromatic rings. The van der Waals surface area contributed by atoms with Crippen LogP contribution in [-0.4, -0.2) is 17.6 Å². The van der Waals surface area contributed by atoms with Crippen LogP contribution in [0.4, 0.5) is 5.69 Å². The van der Waals surface area contributed by atoms with E-state index < -0.39 is 11.4 Å². The normalized spacial score (nSPS) is 10.6. The second kappa shape index (κ2) is 4.67. The maximum absolute atomic E-state index is 10.9. The molecule has 0 saturated heterocycles. The van der Waals surface area contributed by atoms with Crippen LogP contribution < -0.4 is 5.32 Å². The number of nitriles is 1. The van der Waals surface area contributed by atoms with Gasteiger partial charge in [-0.25, -0.2) is 0 Å². The first-order valence-corrected chi connectivity index (χ1v) is 4.93. The molecule has 4 heteroatoms. The van der Waals surface area contributed by atoms with Crippen molar-refractivity contribution < 1.29 is 9.90 Å². The molecule has 4 nitrogen and oxygen atoms in total. The van der Waals surface area contributed by atoms with Gasteiger partial charge in [-0.1, -0.05) is 0 Å². The Labute approximate surface area is 94.5 Å². The van der Waals surface area contributed by atoms with Gasteiger partial charge in [0.1, 0.15) is 0 Å². The third-order valence-corrected chi connectivity index (χ3v) is 2.33. The zero-order chi connectivity index (χ0) is 12.2. The molecule has 0 fully saturated rings. The highest BCUT2D eigenvalue weighted by Crippen LogP contribution is 2.17. The van der Waals surface area contributed by atoms with Crippen molar-refractivity contribution in [2.75, 3.05) is 11.9 Å². The lowest BCUT2D eigenvalue weighted by molar-refractivity contribution is -0.146. The number of carboxylic acid groups (broad SMARTS) is 1. The summed E-state index contributed by atoms with van der Waals surface area (Å²) >= 11 is 0. The smallest absolute Gasteiger partial charge is 0.310 e. The first-order chi connectivity index (χ1) is 7.45. The highest BCUT2D eigenvalue weighted by Gasteiger charge is 2.26. The standard InChI is InChI=1S/C12H14N2O2/c1-12(2,11(15)16)8-14-10-5-3-9(7-13)4-6-10/h3-6,14H,8H2,1-2H3,(H,15,16). The van der Waals surface area contributed by atoms with Gasteiger partial charge in [-0.05, 0) is 38.1 Å². The summed E-state index contributed by atoms with van der Waals surface area (Å²) in [6.45, 7) is 3.66. The number of aliphatic carboxylic acids is 1. The van der Waals surface area contributed by atoms with E-state index in [1.165, 1.54) is 0 Å². The molecule has 0 heterocycles. The number of anilines is 1. The van der Waals surface area contributed by atoms with Crippen LogP contribution in [0, 0.1) is 16.7 Å². The predicted molar refractivity (Wildman–Crippen MR) is 61.1 cm³/mol. The average molecular weight is 218 g/mol. The topological polar surface area (TPSA) is 73.1 Å². The van der Waals surface area contributed by atoms with Crippen LogP contribution in [0.5, 0.6) is 0 Å². The zero-order valence-corrected chi connectivity index (χ0v) is 9.32. The second-order valence-electron chi connectivity index (χ2n) is 4.23. The Bertz CT molecular complexity index is 416. The van der Waals surface area contributed by atoms with Gasteiger partial charge >= 0.3 is 5.97 Å². The molecule has 0 aliphatic carbocycles. The minimum atomic E-state index is -0.839. The number of hydrogen-bond acceptors (Lipinski definition) is 3. The van der Waals surface area contributed by atoms with E-state index in [1.54, 1.807) is 38.1 Å². The first kappa shape index (κ1) is 12.1. The van der Waals surface area contributed by atoms with E-state index in [9.17, 15) is 4.79 Å². The molecule has 1 aromatic carbocycles. The number of carboxylic acids is 1. The summed E-state index contributed by atoms with van der Waals surface area (Å²) in [4.78, 5) is 10.9. The summed E-state index contributed by atoms with van der Waals surface area (Å²) in [6, 6.07) is 8.92. The lowest BCUT2D eigenvalue weighted by Crippen LogP contribution is -2.31. The quantitative estimate of drug-likeness (QED) is 0.811. The monoisotopic (exact) mass is 218 g/mol. The molecule has 0 aliphatic rings. The third kappa shape index (κ3) is 2.99. The van der Waals surface area contributed by atoms with Crippen molar-refractivity contribution in [1.82, 2.24) is 0 Å². The number of nitrogens with zero attached hydrogens (tertiary/aromatic N) is 1. The van der Waals surface area contributed by atoms with Gasteiger partial charge in [-0.2, -0.15) is 5.26 Å². The first-order valence-electron chi connectivity index (χ1n) is 4.93. The summed E-state index contributed by atoms with van der Waals surface area (Å²) in [7, 11) is 0. The highest BCUT2D eigenvalue weighted by atomic mass is 16.4. The molecule has 0 aromatic heterocycles. The molecule has 0 atom stereocenters. The Hall–Kier alpha value is -2.02. The number of carbonyl (C=O) groups is 1. The summed E-state index contributed by atoms with van der Waals surface area (Å²) in [5.41, 5.74) is 0.588. The molecule has 84 valence electrons. The molecule has 2 N–H and O–H groups in total. The van der Waals surface area contributed by atoms with Crippen molar-refractivity contribution in [2.24, 2.45) is 5.41 Å². The number of nitrogens with one attached hydrogen (secondary N) is 1. The van der Waals surface area contributed by atoms with Crippen molar-refractivity contribution in [3.8, 4) is 6.07 Å². The Kier molecular flexibility index (Phi) is 3.51. The fourth-order valence-electron chi connectivity index (χ4n) is 1.06. The third-order valence-electron chi connectivity index (χ3n) is 2.33. The van der Waals surface area contributed by atoms with Crippen LogP contribution in [0.25, 0.3) is 0 Å². The Morgan fingerprint density at radius 3 is 2.44 bits per heavy atom. The minimum absolute atomic E-state index is 0.342. The Morgan fingerprint density at radius 2 is 2.00 bits per heavy atom. The van der Waals surface area contributed by atoms with Gasteiger partial charge in [0.25, 0.3) is 0 Å². The van der Waals surface area contributed by atoms with Crippen molar-refractivity contribution in [1.29, 1.82) is 5.26 Å². The number of hydrogen-bond donors (Lipinski definition) is 2. The number of benzene rings is 1. The minimum Gasteiger partial charge on any atom is -0.481 e. The molecule has 1 rings (SSSR count). The van der Waals surface area contributed by atoms with Gasteiger partial charge in [0.15, 0.2) is 0 Å². The van der Waals surface area contributed by atoms with E-state index >= 15 is 0 Å². The SMILES string of the molecule is CC(C)(CNc1ccc(C#N)cc1)C(=O)O. The molecule has 16 heavy (non-hydrogen) atoms. The summed E-state index contributed by atoms with van der Waals surface area (Å²) < 4.78 is 0. The van der Waals surface area contributed by atoms with E-state index in [2.05, 4.69) is 5.32 Å². The van der Waals surface area contributed by atoms with Crippen molar-refractivity contribution in [3.05, 3.63) is 29.8 Å². The van der Waals surface area contributed by atoms with Gasteiger partial charge < -0.3 is 10.4 Å². The fourth-order valence-corrected chi connectivity index (χ4v) is 1.06. The second-order valence-corrected chi connectivity index (χ2v) is 4.23. The van der Waals surface area contributed by atoms with E-state index in [4.69, 9.17) is 10.4 Å². The van der Waals surface area contributed by atoms with Gasteiger partial charge in [0.2, 0.25) is 0 Å². The lowest BCUT2D eigenvalue weighted by atomic mass is 9.94. The van der Waals surface area contributed by atoms with E-state index in [1.807, 2.05) is 6.07 Å². The zero-order valence-electron chi connectivity index (χ0n) is 9.32. The van der Waals surface area contributed by atoms with Crippen LogP contribution in [0.2, 0.25) is 0 Å². The molecule has 0 unspecified atom stereocenters. The number of rotatable bonds is 4. The molecule has 0 amide bonds. The molecular formula is C12H14N2O2. The van der Waals surface area contributed by atoms with Crippen LogP contribution in [-0.2, 0) is 4.79 Å². The van der Waals surface area contributed by atoms with Crippen LogP contribution in [0.1, 0.15) is 19.4 Å². The molecule has 0 aliphatic heterocycles. The van der Waals surface area contributed by atoms with E-state index in [0.717, 1.165) is 5.69 Å². The predicted octanol–water partition coefficient (Wildman–Crippen LogP) is 2.08. The highest BCUT2D eigenvalue weighted by molar-refractivity contribution is 5.74. The summed E-state index contributed by atoms with van der Waals surface area (Å²) in [5, 5.41) is 20.6. The molecule has 0 bridgehead atoms. The van der Waals surface area contributed by atoms with E-state index in [-0.39, 0.29) is 0 Å². The van der Waals surface area contributed by atoms with Crippen molar-refractivity contribution in [2.45, 2.75) is 13.8 Å². The van der Waals surface area contributed by atoms with Gasteiger partial charge in [0, 0.05) is 12.2 Å². The summed E-state index contributed by atoms with van der Waals surface area (Å²) in [5.74, 6) is -0.839. The lowest BCUT2D eigenvalue weighted by Gasteiger charge is -2.20. The van der Waals surface area contributed by atoms with Crippen LogP contribution in [0.3, 0.4) is 0 Å². The molecule has 0 saturated carbocycles. The largest absolute Gasteiger partial charge is 0.481 e. The van der Waals surface area contributed by atoms with E-state index in [0.29, 0.717) is 12.1 Å². The molecule has 0 radical (unpaired) electrons. The van der Waals surface area contributed by atoms with Gasteiger partial charge in [-0.15, -0.1) is 0 Å². The van der Waals surface area contributed by atoms with Crippen molar-refractivity contribution >= 4 is 11.7 Å². The average Bonchev–Trinajstić information content (AvgIpc) is 2.27. The van der Waals surface area contributed by atoms with Crippen LogP contribution in [0.15, 0.2) is 24.3 Å². The van der Waals surface area contributed by atoms with Gasteiger partial charge in [-0.3, -0.25) is 4.79 Å². The maximum atomic E-state index is 10.9. The Morgan fingerprint density at radius 1 is 1.44 bits per heavy atom. The molecule has 0 spiro atoms. The maximum Gasteiger partial charge on any atom is 0.310 e.